The SMILES string of the molecule is C.N#CCO.O=C(O)C1CCC(C/C=C/F)CC1.OCC1CCC(C/C=C/F)CC1. The molecular weight excluding hydrogens is 392 g/mol. The molecule has 174 valence electrons. The molecule has 0 aromatic rings. The number of rotatable bonds is 6. The van der Waals surface area contributed by atoms with E-state index in [1.165, 1.54) is 12.1 Å². The summed E-state index contributed by atoms with van der Waals surface area (Å²) in [6, 6.07) is 1.49. The second-order valence-electron chi connectivity index (χ2n) is 7.64. The molecule has 0 unspecified atom stereocenters. The lowest BCUT2D eigenvalue weighted by Crippen LogP contribution is -2.21. The van der Waals surface area contributed by atoms with Crippen molar-refractivity contribution in [3.63, 3.8) is 0 Å². The lowest BCUT2D eigenvalue weighted by Gasteiger charge is -2.26. The average Bonchev–Trinajstić information content (AvgIpc) is 2.77. The third kappa shape index (κ3) is 15.1. The minimum Gasteiger partial charge on any atom is -0.481 e. The van der Waals surface area contributed by atoms with Gasteiger partial charge in [-0.2, -0.15) is 5.26 Å². The van der Waals surface area contributed by atoms with Gasteiger partial charge >= 0.3 is 5.97 Å². The number of aliphatic hydroxyl groups is 2. The molecule has 2 aliphatic rings. The van der Waals surface area contributed by atoms with E-state index < -0.39 is 5.97 Å². The molecule has 0 amide bonds. The highest BCUT2D eigenvalue weighted by atomic mass is 19.1. The standard InChI is InChI=1S/C10H15FO2.C10H17FO.C2H3NO.CH4/c11-7-1-2-8-3-5-9(6-4-8)10(12)13;11-7-1-2-9-3-5-10(8-12)6-4-9;3-1-2-4;/h1,7-9H,2-6H2,(H,12,13);1,7,9-10,12H,2-6,8H2;4H,2H2;1H4/b2*7-1+;;. The van der Waals surface area contributed by atoms with Crippen molar-refractivity contribution in [3.8, 4) is 6.07 Å². The largest absolute Gasteiger partial charge is 0.481 e. The van der Waals surface area contributed by atoms with E-state index in [1.807, 2.05) is 0 Å². The third-order valence-corrected chi connectivity index (χ3v) is 5.61. The molecule has 0 atom stereocenters. The van der Waals surface area contributed by atoms with Crippen LogP contribution in [0.25, 0.3) is 0 Å². The van der Waals surface area contributed by atoms with Crippen LogP contribution >= 0.6 is 0 Å². The molecule has 2 fully saturated rings. The van der Waals surface area contributed by atoms with Gasteiger partial charge in [0.25, 0.3) is 0 Å². The fourth-order valence-corrected chi connectivity index (χ4v) is 3.78. The summed E-state index contributed by atoms with van der Waals surface area (Å²) in [5.41, 5.74) is 0. The monoisotopic (exact) mass is 431 g/mol. The Morgan fingerprint density at radius 2 is 1.23 bits per heavy atom. The first-order chi connectivity index (χ1) is 14.0. The van der Waals surface area contributed by atoms with Gasteiger partial charge in [0.15, 0.2) is 0 Å². The van der Waals surface area contributed by atoms with E-state index in [0.29, 0.717) is 37.0 Å². The molecule has 2 saturated carbocycles. The summed E-state index contributed by atoms with van der Waals surface area (Å²) in [6.07, 6.45) is 13.8. The summed E-state index contributed by atoms with van der Waals surface area (Å²) in [5.74, 6) is 0.808. The summed E-state index contributed by atoms with van der Waals surface area (Å²) < 4.78 is 23.3. The third-order valence-electron chi connectivity index (χ3n) is 5.61. The van der Waals surface area contributed by atoms with E-state index in [9.17, 15) is 13.6 Å². The zero-order chi connectivity index (χ0) is 21.9. The Bertz CT molecular complexity index is 504. The van der Waals surface area contributed by atoms with Crippen molar-refractivity contribution in [1.82, 2.24) is 0 Å². The van der Waals surface area contributed by atoms with Gasteiger partial charge in [0.2, 0.25) is 0 Å². The van der Waals surface area contributed by atoms with Crippen molar-refractivity contribution in [2.45, 2.75) is 71.6 Å². The molecule has 3 N–H and O–H groups in total. The van der Waals surface area contributed by atoms with Crippen LogP contribution < -0.4 is 0 Å². The van der Waals surface area contributed by atoms with Crippen LogP contribution in [-0.2, 0) is 4.79 Å². The van der Waals surface area contributed by atoms with Crippen LogP contribution in [0.4, 0.5) is 8.78 Å². The molecule has 0 bridgehead atoms. The Morgan fingerprint density at radius 3 is 1.53 bits per heavy atom. The summed E-state index contributed by atoms with van der Waals surface area (Å²) in [5, 5.41) is 32.5. The first-order valence-electron chi connectivity index (χ1n) is 10.3. The minimum atomic E-state index is -0.681. The summed E-state index contributed by atoms with van der Waals surface area (Å²) in [4.78, 5) is 10.6. The van der Waals surface area contributed by atoms with E-state index in [2.05, 4.69) is 0 Å². The van der Waals surface area contributed by atoms with Crippen molar-refractivity contribution in [3.05, 3.63) is 24.8 Å². The molecule has 7 heteroatoms. The number of nitrogens with zero attached hydrogens (tertiary/aromatic N) is 1. The number of nitriles is 1. The number of aliphatic hydroxyl groups excluding tert-OH is 2. The predicted octanol–water partition coefficient (Wildman–Crippen LogP) is 5.55. The fourth-order valence-electron chi connectivity index (χ4n) is 3.78. The lowest BCUT2D eigenvalue weighted by atomic mass is 9.81. The highest BCUT2D eigenvalue weighted by Crippen LogP contribution is 2.31. The zero-order valence-electron chi connectivity index (χ0n) is 17.1. The number of allylic oxidation sites excluding steroid dienone is 2. The maximum Gasteiger partial charge on any atom is 0.306 e. The van der Waals surface area contributed by atoms with Crippen LogP contribution in [0, 0.1) is 35.0 Å². The maximum absolute atomic E-state index is 11.7. The second kappa shape index (κ2) is 20.5. The van der Waals surface area contributed by atoms with E-state index >= 15 is 0 Å². The van der Waals surface area contributed by atoms with Crippen LogP contribution in [-0.4, -0.2) is 34.5 Å². The van der Waals surface area contributed by atoms with Gasteiger partial charge < -0.3 is 15.3 Å². The first kappa shape index (κ1) is 30.4. The number of carbonyl (C=O) groups is 1. The van der Waals surface area contributed by atoms with Gasteiger partial charge in [0.05, 0.1) is 24.6 Å². The summed E-state index contributed by atoms with van der Waals surface area (Å²) in [7, 11) is 0. The van der Waals surface area contributed by atoms with E-state index in [1.54, 1.807) is 6.08 Å². The maximum atomic E-state index is 11.7. The van der Waals surface area contributed by atoms with Crippen molar-refractivity contribution >= 4 is 5.97 Å². The molecule has 2 rings (SSSR count). The van der Waals surface area contributed by atoms with E-state index in [0.717, 1.165) is 64.2 Å². The molecule has 5 nitrogen and oxygen atoms in total. The number of hydrogen-bond donors (Lipinski definition) is 3. The van der Waals surface area contributed by atoms with Crippen molar-refractivity contribution < 1.29 is 28.9 Å². The smallest absolute Gasteiger partial charge is 0.306 e. The Balaban J connectivity index is 0. The normalized spacial score (nSPS) is 25.8. The van der Waals surface area contributed by atoms with Crippen molar-refractivity contribution in [2.75, 3.05) is 13.2 Å². The van der Waals surface area contributed by atoms with Gasteiger partial charge in [0.1, 0.15) is 6.61 Å². The van der Waals surface area contributed by atoms with Gasteiger partial charge in [-0.25, -0.2) is 8.78 Å². The van der Waals surface area contributed by atoms with Gasteiger partial charge in [-0.3, -0.25) is 4.79 Å². The van der Waals surface area contributed by atoms with Gasteiger partial charge in [-0.15, -0.1) is 0 Å². The Kier molecular flexibility index (Phi) is 20.8. The molecule has 0 heterocycles. The Labute approximate surface area is 180 Å². The van der Waals surface area contributed by atoms with Crippen LogP contribution in [0.15, 0.2) is 24.8 Å². The minimum absolute atomic E-state index is 0. The van der Waals surface area contributed by atoms with Crippen LogP contribution in [0.1, 0.15) is 71.6 Å². The highest BCUT2D eigenvalue weighted by molar-refractivity contribution is 5.69. The second-order valence-corrected chi connectivity index (χ2v) is 7.64. The first-order valence-corrected chi connectivity index (χ1v) is 10.3. The molecule has 0 radical (unpaired) electrons. The molecular formula is C23H39F2NO4. The van der Waals surface area contributed by atoms with E-state index in [4.69, 9.17) is 20.6 Å². The quantitative estimate of drug-likeness (QED) is 0.479. The fraction of sp³-hybridized carbons (Fsp3) is 0.739. The average molecular weight is 432 g/mol. The topological polar surface area (TPSA) is 102 Å². The predicted molar refractivity (Wildman–Crippen MR) is 115 cm³/mol. The molecule has 30 heavy (non-hydrogen) atoms. The lowest BCUT2D eigenvalue weighted by molar-refractivity contribution is -0.143. The number of aliphatic carboxylic acids is 1. The number of hydrogen-bond acceptors (Lipinski definition) is 4. The van der Waals surface area contributed by atoms with Gasteiger partial charge in [-0.05, 0) is 82.0 Å². The molecule has 0 aromatic carbocycles. The van der Waals surface area contributed by atoms with Crippen molar-refractivity contribution in [2.24, 2.45) is 23.7 Å². The summed E-state index contributed by atoms with van der Waals surface area (Å²) >= 11 is 0. The van der Waals surface area contributed by atoms with Crippen LogP contribution in [0.3, 0.4) is 0 Å². The van der Waals surface area contributed by atoms with E-state index in [-0.39, 0.29) is 20.0 Å². The van der Waals surface area contributed by atoms with Gasteiger partial charge in [0, 0.05) is 6.61 Å². The molecule has 0 saturated heterocycles. The van der Waals surface area contributed by atoms with Crippen LogP contribution in [0.2, 0.25) is 0 Å². The number of carboxylic acids is 1. The molecule has 2 aliphatic carbocycles. The van der Waals surface area contributed by atoms with Crippen molar-refractivity contribution in [1.29, 1.82) is 5.26 Å². The van der Waals surface area contributed by atoms with Gasteiger partial charge in [-0.1, -0.05) is 19.6 Å². The Morgan fingerprint density at radius 1 is 0.867 bits per heavy atom. The summed E-state index contributed by atoms with van der Waals surface area (Å²) in [6.45, 7) is -0.0499. The number of carboxylic acid groups (broad SMARTS) is 1. The molecule has 0 aromatic heterocycles. The molecule has 0 spiro atoms. The highest BCUT2D eigenvalue weighted by Gasteiger charge is 2.25. The van der Waals surface area contributed by atoms with Crippen LogP contribution in [0.5, 0.6) is 0 Å². The zero-order valence-corrected chi connectivity index (χ0v) is 17.1. The number of halogens is 2. The molecule has 0 aliphatic heterocycles. The Hall–Kier alpha value is -1.78.